The van der Waals surface area contributed by atoms with Gasteiger partial charge in [-0.2, -0.15) is 4.31 Å². The predicted octanol–water partition coefficient (Wildman–Crippen LogP) is 1.47. The Balaban J connectivity index is 2.01. The number of hydrogen-bond donors (Lipinski definition) is 1. The second-order valence-electron chi connectivity index (χ2n) is 5.99. The second-order valence-corrected chi connectivity index (χ2v) is 7.97. The smallest absolute Gasteiger partial charge is 0.211 e. The zero-order chi connectivity index (χ0) is 17.1. The minimum absolute atomic E-state index is 0.190. The van der Waals surface area contributed by atoms with Crippen LogP contribution < -0.4 is 5.73 Å². The zero-order valence-electron chi connectivity index (χ0n) is 13.0. The molecule has 24 heavy (non-hydrogen) atoms. The molecular weight excluding hydrogens is 333 g/mol. The van der Waals surface area contributed by atoms with E-state index in [2.05, 4.69) is 9.97 Å². The average molecular weight is 349 g/mol. The van der Waals surface area contributed by atoms with Gasteiger partial charge in [-0.05, 0) is 18.6 Å². The number of rotatable bonds is 1. The van der Waals surface area contributed by atoms with Crippen LogP contribution in [-0.4, -0.2) is 40.1 Å². The van der Waals surface area contributed by atoms with Crippen molar-refractivity contribution in [3.05, 3.63) is 29.8 Å². The van der Waals surface area contributed by atoms with E-state index in [0.717, 1.165) is 10.9 Å². The van der Waals surface area contributed by atoms with Gasteiger partial charge in [0.2, 0.25) is 10.0 Å². The molecule has 3 heterocycles. The van der Waals surface area contributed by atoms with E-state index >= 15 is 0 Å². The topological polar surface area (TPSA) is 94.1 Å². The summed E-state index contributed by atoms with van der Waals surface area (Å²) in [5, 5.41) is 0.757. The number of halogens is 1. The van der Waals surface area contributed by atoms with Crippen molar-refractivity contribution in [3.8, 4) is 0 Å². The third-order valence-electron chi connectivity index (χ3n) is 4.32. The molecule has 0 bridgehead atoms. The molecule has 3 aromatic rings. The van der Waals surface area contributed by atoms with Gasteiger partial charge in [0.05, 0.1) is 23.8 Å². The maximum atomic E-state index is 13.5. The Kier molecular flexibility index (Phi) is 3.26. The number of nitrogens with zero attached hydrogens (tertiary/aromatic N) is 4. The summed E-state index contributed by atoms with van der Waals surface area (Å²) in [6.07, 6.45) is 1.86. The van der Waals surface area contributed by atoms with Crippen LogP contribution in [0.5, 0.6) is 0 Å². The first kappa shape index (κ1) is 15.3. The maximum absolute atomic E-state index is 13.5. The van der Waals surface area contributed by atoms with Crippen LogP contribution >= 0.6 is 0 Å². The number of aromatic nitrogens is 3. The zero-order valence-corrected chi connectivity index (χ0v) is 13.8. The molecule has 0 spiro atoms. The third-order valence-corrected chi connectivity index (χ3v) is 5.57. The van der Waals surface area contributed by atoms with Crippen LogP contribution in [0.2, 0.25) is 0 Å². The molecule has 0 unspecified atom stereocenters. The molecule has 1 aliphatic rings. The average Bonchev–Trinajstić information content (AvgIpc) is 2.71. The van der Waals surface area contributed by atoms with Gasteiger partial charge < -0.3 is 10.3 Å². The van der Waals surface area contributed by atoms with Crippen LogP contribution in [0.15, 0.2) is 18.2 Å². The summed E-state index contributed by atoms with van der Waals surface area (Å²) in [6, 6.07) is 4.37. The molecule has 4 rings (SSSR count). The lowest BCUT2D eigenvalue weighted by atomic mass is 10.2. The number of pyridine rings is 1. The monoisotopic (exact) mass is 349 g/mol. The Morgan fingerprint density at radius 2 is 2.04 bits per heavy atom. The van der Waals surface area contributed by atoms with Crippen molar-refractivity contribution < 1.29 is 12.8 Å². The SMILES string of the molecule is CS(=O)(=O)N1CCCn2c(nc3c(N)nc4cc(F)ccc4c32)C1. The molecule has 0 atom stereocenters. The highest BCUT2D eigenvalue weighted by Crippen LogP contribution is 2.31. The van der Waals surface area contributed by atoms with Crippen molar-refractivity contribution in [1.29, 1.82) is 0 Å². The molecule has 1 aromatic carbocycles. The predicted molar refractivity (Wildman–Crippen MR) is 89.3 cm³/mol. The molecule has 0 radical (unpaired) electrons. The fourth-order valence-electron chi connectivity index (χ4n) is 3.22. The van der Waals surface area contributed by atoms with E-state index in [1.807, 2.05) is 4.57 Å². The van der Waals surface area contributed by atoms with Crippen LogP contribution in [0.1, 0.15) is 12.2 Å². The van der Waals surface area contributed by atoms with Gasteiger partial charge in [-0.3, -0.25) is 0 Å². The van der Waals surface area contributed by atoms with Crippen molar-refractivity contribution >= 4 is 37.8 Å². The Bertz CT molecular complexity index is 1080. The van der Waals surface area contributed by atoms with Crippen molar-refractivity contribution in [2.45, 2.75) is 19.5 Å². The van der Waals surface area contributed by atoms with E-state index < -0.39 is 10.0 Å². The van der Waals surface area contributed by atoms with Gasteiger partial charge in [-0.15, -0.1) is 0 Å². The van der Waals surface area contributed by atoms with Gasteiger partial charge in [0.15, 0.2) is 5.82 Å². The lowest BCUT2D eigenvalue weighted by molar-refractivity contribution is 0.411. The lowest BCUT2D eigenvalue weighted by Gasteiger charge is -2.15. The van der Waals surface area contributed by atoms with Crippen molar-refractivity contribution in [1.82, 2.24) is 18.8 Å². The van der Waals surface area contributed by atoms with Crippen molar-refractivity contribution in [2.24, 2.45) is 0 Å². The van der Waals surface area contributed by atoms with E-state index in [1.165, 1.54) is 22.7 Å². The van der Waals surface area contributed by atoms with Crippen molar-refractivity contribution in [3.63, 3.8) is 0 Å². The first-order valence-corrected chi connectivity index (χ1v) is 9.38. The molecule has 2 aromatic heterocycles. The number of sulfonamides is 1. The molecule has 0 amide bonds. The molecule has 0 saturated carbocycles. The highest BCUT2D eigenvalue weighted by molar-refractivity contribution is 7.88. The Hall–Kier alpha value is -2.26. The number of nitrogen functional groups attached to an aromatic ring is 1. The lowest BCUT2D eigenvalue weighted by Crippen LogP contribution is -2.29. The number of benzene rings is 1. The van der Waals surface area contributed by atoms with Crippen LogP contribution in [0.4, 0.5) is 10.2 Å². The summed E-state index contributed by atoms with van der Waals surface area (Å²) in [6.45, 7) is 1.25. The van der Waals surface area contributed by atoms with Gasteiger partial charge in [0.25, 0.3) is 0 Å². The molecule has 7 nitrogen and oxygen atoms in total. The molecule has 126 valence electrons. The number of imidazole rings is 1. The second kappa shape index (κ2) is 5.12. The number of anilines is 1. The van der Waals surface area contributed by atoms with Gasteiger partial charge in [0.1, 0.15) is 17.2 Å². The van der Waals surface area contributed by atoms with E-state index in [-0.39, 0.29) is 18.2 Å². The number of aryl methyl sites for hydroxylation is 1. The quantitative estimate of drug-likeness (QED) is 0.718. The van der Waals surface area contributed by atoms with Gasteiger partial charge >= 0.3 is 0 Å². The number of nitrogens with two attached hydrogens (primary N) is 1. The number of fused-ring (bicyclic) bond motifs is 5. The van der Waals surface area contributed by atoms with E-state index in [1.54, 1.807) is 6.07 Å². The molecular formula is C15H16FN5O2S. The summed E-state index contributed by atoms with van der Waals surface area (Å²) in [5.74, 6) is 0.459. The van der Waals surface area contributed by atoms with Crippen LogP contribution in [-0.2, 0) is 23.1 Å². The van der Waals surface area contributed by atoms with E-state index in [4.69, 9.17) is 5.73 Å². The van der Waals surface area contributed by atoms with Crippen LogP contribution in [0, 0.1) is 5.82 Å². The number of hydrogen-bond acceptors (Lipinski definition) is 5. The summed E-state index contributed by atoms with van der Waals surface area (Å²) < 4.78 is 40.7. The largest absolute Gasteiger partial charge is 0.382 e. The van der Waals surface area contributed by atoms with Crippen LogP contribution in [0.3, 0.4) is 0 Å². The molecule has 0 saturated heterocycles. The standard InChI is InChI=1S/C15H16FN5O2S/c1-24(22,23)20-5-2-6-21-12(8-20)19-13-14(21)10-4-3-9(16)7-11(10)18-15(13)17/h3-4,7H,2,5-6,8H2,1H3,(H2,17,18). The highest BCUT2D eigenvalue weighted by atomic mass is 32.2. The van der Waals surface area contributed by atoms with Gasteiger partial charge in [-0.25, -0.2) is 22.8 Å². The first-order valence-electron chi connectivity index (χ1n) is 7.53. The van der Waals surface area contributed by atoms with E-state index in [9.17, 15) is 12.8 Å². The normalized spacial score (nSPS) is 16.4. The third kappa shape index (κ3) is 2.31. The Morgan fingerprint density at radius 3 is 2.79 bits per heavy atom. The highest BCUT2D eigenvalue weighted by Gasteiger charge is 2.25. The maximum Gasteiger partial charge on any atom is 0.211 e. The van der Waals surface area contributed by atoms with Crippen molar-refractivity contribution in [2.75, 3.05) is 18.5 Å². The Morgan fingerprint density at radius 1 is 1.25 bits per heavy atom. The van der Waals surface area contributed by atoms with Gasteiger partial charge in [0, 0.05) is 24.5 Å². The molecule has 9 heteroatoms. The van der Waals surface area contributed by atoms with Crippen LogP contribution in [0.25, 0.3) is 21.9 Å². The molecule has 0 aliphatic carbocycles. The minimum atomic E-state index is -3.30. The summed E-state index contributed by atoms with van der Waals surface area (Å²) in [4.78, 5) is 8.75. The summed E-state index contributed by atoms with van der Waals surface area (Å²) in [7, 11) is -3.30. The first-order chi connectivity index (χ1) is 11.3. The molecule has 2 N–H and O–H groups in total. The van der Waals surface area contributed by atoms with E-state index in [0.29, 0.717) is 36.4 Å². The Labute approximate surface area is 137 Å². The molecule has 1 aliphatic heterocycles. The summed E-state index contributed by atoms with van der Waals surface area (Å²) >= 11 is 0. The minimum Gasteiger partial charge on any atom is -0.382 e. The summed E-state index contributed by atoms with van der Waals surface area (Å²) in [5.41, 5.74) is 7.78. The van der Waals surface area contributed by atoms with Gasteiger partial charge in [-0.1, -0.05) is 0 Å². The fraction of sp³-hybridized carbons (Fsp3) is 0.333. The fourth-order valence-corrected chi connectivity index (χ4v) is 4.03. The molecule has 0 fully saturated rings.